The Morgan fingerprint density at radius 3 is 2.58 bits per heavy atom. The Morgan fingerprint density at radius 1 is 1.33 bits per heavy atom. The molecule has 1 aliphatic rings. The zero-order valence-corrected chi connectivity index (χ0v) is 13.8. The lowest BCUT2D eigenvalue weighted by molar-refractivity contribution is -0.141. The van der Waals surface area contributed by atoms with Gasteiger partial charge in [-0.1, -0.05) is 25.1 Å². The molecule has 24 heavy (non-hydrogen) atoms. The van der Waals surface area contributed by atoms with Crippen molar-refractivity contribution in [2.75, 3.05) is 13.6 Å². The fraction of sp³-hybridized carbons (Fsp3) is 0.389. The van der Waals surface area contributed by atoms with Crippen molar-refractivity contribution in [1.82, 2.24) is 14.7 Å². The van der Waals surface area contributed by atoms with Gasteiger partial charge >= 0.3 is 5.97 Å². The summed E-state index contributed by atoms with van der Waals surface area (Å²) >= 11 is 0. The number of amides is 1. The maximum atomic E-state index is 12.8. The zero-order valence-electron chi connectivity index (χ0n) is 13.8. The third-order valence-electron chi connectivity index (χ3n) is 4.26. The summed E-state index contributed by atoms with van der Waals surface area (Å²) in [6.07, 6.45) is 2.21. The highest BCUT2D eigenvalue weighted by Crippen LogP contribution is 2.39. The van der Waals surface area contributed by atoms with Crippen LogP contribution in [0.3, 0.4) is 0 Å². The number of carbonyl (C=O) groups excluding carboxylic acids is 1. The van der Waals surface area contributed by atoms with Gasteiger partial charge in [0.05, 0.1) is 17.3 Å². The molecular formula is C18H21N3O3. The van der Waals surface area contributed by atoms with E-state index >= 15 is 0 Å². The highest BCUT2D eigenvalue weighted by molar-refractivity contribution is 5.93. The molecule has 1 unspecified atom stereocenters. The van der Waals surface area contributed by atoms with Gasteiger partial charge in [-0.05, 0) is 31.0 Å². The Hall–Kier alpha value is -2.63. The van der Waals surface area contributed by atoms with Crippen LogP contribution in [0.5, 0.6) is 0 Å². The van der Waals surface area contributed by atoms with Gasteiger partial charge in [-0.3, -0.25) is 9.59 Å². The van der Waals surface area contributed by atoms with Crippen LogP contribution in [0.1, 0.15) is 41.9 Å². The number of carboxylic acid groups (broad SMARTS) is 1. The van der Waals surface area contributed by atoms with Crippen LogP contribution in [0.15, 0.2) is 36.4 Å². The van der Waals surface area contributed by atoms with E-state index in [0.29, 0.717) is 11.6 Å². The molecule has 0 radical (unpaired) electrons. The van der Waals surface area contributed by atoms with E-state index in [1.807, 2.05) is 36.4 Å². The van der Waals surface area contributed by atoms with Crippen molar-refractivity contribution in [2.24, 2.45) is 5.92 Å². The van der Waals surface area contributed by atoms with Gasteiger partial charge in [0.25, 0.3) is 5.91 Å². The molecule has 6 heteroatoms. The average Bonchev–Trinajstić information content (AvgIpc) is 3.33. The summed E-state index contributed by atoms with van der Waals surface area (Å²) in [7, 11) is 1.63. The number of benzene rings is 1. The lowest BCUT2D eigenvalue weighted by atomic mass is 10.1. The molecule has 2 aromatic rings. The standard InChI is InChI=1S/C18H21N3O3/c1-12(18(23)24)11-20(2)17(22)16-10-15(13-8-9-13)19-21(16)14-6-4-3-5-7-14/h3-7,10,12-13H,8-9,11H2,1-2H3,(H,23,24). The minimum atomic E-state index is -0.912. The highest BCUT2D eigenvalue weighted by Gasteiger charge is 2.30. The third kappa shape index (κ3) is 3.32. The molecule has 1 atom stereocenters. The first-order chi connectivity index (χ1) is 11.5. The fourth-order valence-corrected chi connectivity index (χ4v) is 2.66. The maximum absolute atomic E-state index is 12.8. The Bertz CT molecular complexity index is 750. The number of aromatic nitrogens is 2. The number of hydrogen-bond acceptors (Lipinski definition) is 3. The summed E-state index contributed by atoms with van der Waals surface area (Å²) in [5.74, 6) is -1.31. The van der Waals surface area contributed by atoms with Gasteiger partial charge in [0.2, 0.25) is 0 Å². The molecular weight excluding hydrogens is 306 g/mol. The van der Waals surface area contributed by atoms with E-state index in [1.54, 1.807) is 18.7 Å². The number of carbonyl (C=O) groups is 2. The van der Waals surface area contributed by atoms with Crippen LogP contribution in [0.25, 0.3) is 5.69 Å². The van der Waals surface area contributed by atoms with Gasteiger partial charge in [0.1, 0.15) is 5.69 Å². The van der Waals surface area contributed by atoms with Gasteiger partial charge in [0, 0.05) is 19.5 Å². The second kappa shape index (κ2) is 6.47. The van der Waals surface area contributed by atoms with E-state index in [0.717, 1.165) is 24.2 Å². The minimum absolute atomic E-state index is 0.160. The Labute approximate surface area is 140 Å². The Morgan fingerprint density at radius 2 is 2.00 bits per heavy atom. The van der Waals surface area contributed by atoms with Crippen LogP contribution in [-0.4, -0.2) is 45.3 Å². The molecule has 0 spiro atoms. The molecule has 1 fully saturated rings. The SMILES string of the molecule is CC(CN(C)C(=O)c1cc(C2CC2)nn1-c1ccccc1)C(=O)O. The van der Waals surface area contributed by atoms with E-state index < -0.39 is 11.9 Å². The van der Waals surface area contributed by atoms with E-state index in [1.165, 1.54) is 4.90 Å². The van der Waals surface area contributed by atoms with E-state index in [2.05, 4.69) is 5.10 Å². The van der Waals surface area contributed by atoms with Crippen molar-refractivity contribution in [1.29, 1.82) is 0 Å². The normalized spacial score (nSPS) is 15.1. The van der Waals surface area contributed by atoms with Crippen molar-refractivity contribution in [3.63, 3.8) is 0 Å². The molecule has 6 nitrogen and oxygen atoms in total. The first kappa shape index (κ1) is 16.2. The lowest BCUT2D eigenvalue weighted by Gasteiger charge is -2.19. The number of para-hydroxylation sites is 1. The molecule has 3 rings (SSSR count). The summed E-state index contributed by atoms with van der Waals surface area (Å²) in [6, 6.07) is 11.4. The van der Waals surface area contributed by atoms with Crippen LogP contribution in [0.2, 0.25) is 0 Å². The van der Waals surface area contributed by atoms with Crippen molar-refractivity contribution in [3.8, 4) is 5.69 Å². The van der Waals surface area contributed by atoms with E-state index in [4.69, 9.17) is 5.11 Å². The van der Waals surface area contributed by atoms with Gasteiger partial charge in [0.15, 0.2) is 0 Å². The number of nitrogens with zero attached hydrogens (tertiary/aromatic N) is 3. The van der Waals surface area contributed by atoms with Gasteiger partial charge < -0.3 is 10.0 Å². The first-order valence-corrected chi connectivity index (χ1v) is 8.11. The van der Waals surface area contributed by atoms with Gasteiger partial charge in [-0.15, -0.1) is 0 Å². The number of rotatable bonds is 6. The summed E-state index contributed by atoms with van der Waals surface area (Å²) in [5, 5.41) is 13.7. The highest BCUT2D eigenvalue weighted by atomic mass is 16.4. The van der Waals surface area contributed by atoms with E-state index in [-0.39, 0.29) is 12.5 Å². The summed E-state index contributed by atoms with van der Waals surface area (Å²) in [4.78, 5) is 25.3. The van der Waals surface area contributed by atoms with Crippen molar-refractivity contribution < 1.29 is 14.7 Å². The molecule has 1 N–H and O–H groups in total. The summed E-state index contributed by atoms with van der Waals surface area (Å²) in [5.41, 5.74) is 2.23. The van der Waals surface area contributed by atoms with Crippen LogP contribution >= 0.6 is 0 Å². The average molecular weight is 327 g/mol. The predicted octanol–water partition coefficient (Wildman–Crippen LogP) is 2.54. The molecule has 0 aliphatic heterocycles. The monoisotopic (exact) mass is 327 g/mol. The largest absolute Gasteiger partial charge is 0.481 e. The van der Waals surface area contributed by atoms with Crippen molar-refractivity contribution in [3.05, 3.63) is 47.8 Å². The molecule has 1 amide bonds. The van der Waals surface area contributed by atoms with Gasteiger partial charge in [-0.2, -0.15) is 5.10 Å². The predicted molar refractivity (Wildman–Crippen MR) is 89.3 cm³/mol. The van der Waals surface area contributed by atoms with Crippen molar-refractivity contribution in [2.45, 2.75) is 25.7 Å². The quantitative estimate of drug-likeness (QED) is 0.884. The van der Waals surface area contributed by atoms with Crippen LogP contribution < -0.4 is 0 Å². The molecule has 126 valence electrons. The zero-order chi connectivity index (χ0) is 17.3. The number of aliphatic carboxylic acids is 1. The second-order valence-corrected chi connectivity index (χ2v) is 6.40. The van der Waals surface area contributed by atoms with Crippen molar-refractivity contribution >= 4 is 11.9 Å². The van der Waals surface area contributed by atoms with Gasteiger partial charge in [-0.25, -0.2) is 4.68 Å². The number of hydrogen-bond donors (Lipinski definition) is 1. The van der Waals surface area contributed by atoms with Crippen LogP contribution in [0, 0.1) is 5.92 Å². The van der Waals surface area contributed by atoms with Crippen LogP contribution in [-0.2, 0) is 4.79 Å². The maximum Gasteiger partial charge on any atom is 0.308 e. The fourth-order valence-electron chi connectivity index (χ4n) is 2.66. The molecule has 1 aliphatic carbocycles. The molecule has 1 heterocycles. The summed E-state index contributed by atoms with van der Waals surface area (Å²) in [6.45, 7) is 1.75. The Kier molecular flexibility index (Phi) is 4.38. The lowest BCUT2D eigenvalue weighted by Crippen LogP contribution is -2.34. The molecule has 0 bridgehead atoms. The minimum Gasteiger partial charge on any atom is -0.481 e. The second-order valence-electron chi connectivity index (χ2n) is 6.40. The van der Waals surface area contributed by atoms with E-state index in [9.17, 15) is 9.59 Å². The molecule has 1 aromatic heterocycles. The Balaban J connectivity index is 1.91. The van der Waals surface area contributed by atoms with Crippen LogP contribution in [0.4, 0.5) is 0 Å². The number of carboxylic acids is 1. The molecule has 1 aromatic carbocycles. The summed E-state index contributed by atoms with van der Waals surface area (Å²) < 4.78 is 1.66. The third-order valence-corrected chi connectivity index (χ3v) is 4.26. The molecule has 0 saturated heterocycles. The molecule has 1 saturated carbocycles. The smallest absolute Gasteiger partial charge is 0.308 e. The topological polar surface area (TPSA) is 75.4 Å². The first-order valence-electron chi connectivity index (χ1n) is 8.11.